The molecule has 3 heteroatoms. The van der Waals surface area contributed by atoms with Gasteiger partial charge in [0, 0.05) is 0 Å². The number of aliphatic hydroxyl groups excluding tert-OH is 1. The Morgan fingerprint density at radius 3 is 2.45 bits per heavy atom. The molecule has 11 heavy (non-hydrogen) atoms. The van der Waals surface area contributed by atoms with Crippen molar-refractivity contribution in [3.8, 4) is 0 Å². The van der Waals surface area contributed by atoms with Crippen LogP contribution in [-0.4, -0.2) is 23.8 Å². The molecular weight excluding hydrogens is 144 g/mol. The van der Waals surface area contributed by atoms with E-state index in [-0.39, 0.29) is 0 Å². The summed E-state index contributed by atoms with van der Waals surface area (Å²) in [6.07, 6.45) is -0.537. The van der Waals surface area contributed by atoms with E-state index < -0.39 is 12.1 Å². The molecule has 0 bridgehead atoms. The third-order valence-electron chi connectivity index (χ3n) is 1.22. The van der Waals surface area contributed by atoms with Crippen LogP contribution in [0.3, 0.4) is 0 Å². The normalized spacial score (nSPS) is 13.2. The highest BCUT2D eigenvalue weighted by Gasteiger charge is 2.13. The Morgan fingerprint density at radius 1 is 1.55 bits per heavy atom. The minimum atomic E-state index is -0.950. The zero-order valence-corrected chi connectivity index (χ0v) is 7.33. The Bertz CT molecular complexity index is 121. The Hall–Kier alpha value is -0.570. The minimum Gasteiger partial charge on any atom is -0.464 e. The summed E-state index contributed by atoms with van der Waals surface area (Å²) in [5.41, 5.74) is 0. The Kier molecular flexibility index (Phi) is 4.86. The van der Waals surface area contributed by atoms with Crippen molar-refractivity contribution in [1.29, 1.82) is 0 Å². The number of carbonyl (C=O) groups excluding carboxylic acids is 1. The molecule has 0 aromatic heterocycles. The van der Waals surface area contributed by atoms with Gasteiger partial charge in [-0.05, 0) is 12.3 Å². The molecule has 0 aliphatic carbocycles. The van der Waals surface area contributed by atoms with Crippen LogP contribution in [-0.2, 0) is 9.53 Å². The molecule has 0 aliphatic rings. The summed E-state index contributed by atoms with van der Waals surface area (Å²) >= 11 is 0. The van der Waals surface area contributed by atoms with Gasteiger partial charge < -0.3 is 9.84 Å². The zero-order valence-electron chi connectivity index (χ0n) is 7.33. The molecule has 0 aromatic rings. The van der Waals surface area contributed by atoms with E-state index in [2.05, 4.69) is 0 Å². The maximum absolute atomic E-state index is 10.8. The van der Waals surface area contributed by atoms with Crippen LogP contribution < -0.4 is 0 Å². The first kappa shape index (κ1) is 10.4. The van der Waals surface area contributed by atoms with Crippen LogP contribution in [0.1, 0.15) is 27.2 Å². The zero-order chi connectivity index (χ0) is 8.85. The van der Waals surface area contributed by atoms with E-state index in [1.165, 1.54) is 0 Å². The van der Waals surface area contributed by atoms with Crippen LogP contribution in [0, 0.1) is 5.92 Å². The molecule has 3 nitrogen and oxygen atoms in total. The van der Waals surface area contributed by atoms with Gasteiger partial charge in [-0.2, -0.15) is 0 Å². The SMILES string of the molecule is CCC(O)C(=O)OCC(C)C. The third-order valence-corrected chi connectivity index (χ3v) is 1.22. The molecule has 1 N–H and O–H groups in total. The maximum atomic E-state index is 10.8. The summed E-state index contributed by atoms with van der Waals surface area (Å²) in [7, 11) is 0. The Labute approximate surface area is 67.4 Å². The maximum Gasteiger partial charge on any atom is 0.334 e. The van der Waals surface area contributed by atoms with Gasteiger partial charge in [0.25, 0.3) is 0 Å². The second kappa shape index (κ2) is 5.13. The van der Waals surface area contributed by atoms with Crippen molar-refractivity contribution in [2.45, 2.75) is 33.3 Å². The molecule has 0 amide bonds. The van der Waals surface area contributed by atoms with Crippen molar-refractivity contribution in [1.82, 2.24) is 0 Å². The second-order valence-corrected chi connectivity index (χ2v) is 2.95. The molecule has 0 aromatic carbocycles. The van der Waals surface area contributed by atoms with Crippen molar-refractivity contribution in [3.05, 3.63) is 0 Å². The van der Waals surface area contributed by atoms with Crippen molar-refractivity contribution < 1.29 is 14.6 Å². The van der Waals surface area contributed by atoms with Crippen molar-refractivity contribution in [3.63, 3.8) is 0 Å². The van der Waals surface area contributed by atoms with E-state index in [1.807, 2.05) is 13.8 Å². The highest BCUT2D eigenvalue weighted by molar-refractivity contribution is 5.74. The lowest BCUT2D eigenvalue weighted by atomic mass is 10.2. The van der Waals surface area contributed by atoms with Crippen LogP contribution in [0.2, 0.25) is 0 Å². The van der Waals surface area contributed by atoms with E-state index in [9.17, 15) is 4.79 Å². The highest BCUT2D eigenvalue weighted by atomic mass is 16.5. The molecular formula is C8H16O3. The van der Waals surface area contributed by atoms with Gasteiger partial charge in [-0.3, -0.25) is 0 Å². The van der Waals surface area contributed by atoms with Gasteiger partial charge in [-0.25, -0.2) is 4.79 Å². The molecule has 0 heterocycles. The summed E-state index contributed by atoms with van der Waals surface area (Å²) < 4.78 is 4.77. The molecule has 1 atom stereocenters. The fourth-order valence-electron chi connectivity index (χ4n) is 0.512. The smallest absolute Gasteiger partial charge is 0.334 e. The number of hydrogen-bond acceptors (Lipinski definition) is 3. The Morgan fingerprint density at radius 2 is 2.09 bits per heavy atom. The molecule has 0 radical (unpaired) electrons. The fraction of sp³-hybridized carbons (Fsp3) is 0.875. The number of ether oxygens (including phenoxy) is 1. The number of rotatable bonds is 4. The molecule has 0 saturated heterocycles. The second-order valence-electron chi connectivity index (χ2n) is 2.95. The average Bonchev–Trinajstić information content (AvgIpc) is 1.98. The van der Waals surface area contributed by atoms with Crippen LogP contribution >= 0.6 is 0 Å². The van der Waals surface area contributed by atoms with E-state index >= 15 is 0 Å². The summed E-state index contributed by atoms with van der Waals surface area (Å²) in [6.45, 7) is 6.02. The van der Waals surface area contributed by atoms with E-state index in [4.69, 9.17) is 9.84 Å². The van der Waals surface area contributed by atoms with Crippen LogP contribution in [0.25, 0.3) is 0 Å². The van der Waals surface area contributed by atoms with Crippen LogP contribution in [0.5, 0.6) is 0 Å². The van der Waals surface area contributed by atoms with Gasteiger partial charge in [0.2, 0.25) is 0 Å². The molecule has 0 fully saturated rings. The lowest BCUT2D eigenvalue weighted by Gasteiger charge is -2.09. The van der Waals surface area contributed by atoms with Gasteiger partial charge in [0.1, 0.15) is 0 Å². The first-order chi connectivity index (χ1) is 5.07. The number of esters is 1. The molecule has 0 spiro atoms. The molecule has 66 valence electrons. The standard InChI is InChI=1S/C8H16O3/c1-4-7(9)8(10)11-5-6(2)3/h6-7,9H,4-5H2,1-3H3. The van der Waals surface area contributed by atoms with Gasteiger partial charge in [0.15, 0.2) is 6.10 Å². The van der Waals surface area contributed by atoms with Gasteiger partial charge in [0.05, 0.1) is 6.61 Å². The van der Waals surface area contributed by atoms with Gasteiger partial charge >= 0.3 is 5.97 Å². The van der Waals surface area contributed by atoms with E-state index in [0.29, 0.717) is 18.9 Å². The van der Waals surface area contributed by atoms with Crippen LogP contribution in [0.4, 0.5) is 0 Å². The van der Waals surface area contributed by atoms with Crippen LogP contribution in [0.15, 0.2) is 0 Å². The fourth-order valence-corrected chi connectivity index (χ4v) is 0.512. The van der Waals surface area contributed by atoms with E-state index in [0.717, 1.165) is 0 Å². The van der Waals surface area contributed by atoms with Gasteiger partial charge in [-0.1, -0.05) is 20.8 Å². The number of carbonyl (C=O) groups is 1. The molecule has 0 rings (SSSR count). The van der Waals surface area contributed by atoms with E-state index in [1.54, 1.807) is 6.92 Å². The highest BCUT2D eigenvalue weighted by Crippen LogP contribution is 1.97. The first-order valence-electron chi connectivity index (χ1n) is 3.92. The molecule has 0 aliphatic heterocycles. The molecule has 1 unspecified atom stereocenters. The summed E-state index contributed by atoms with van der Waals surface area (Å²) in [4.78, 5) is 10.8. The first-order valence-corrected chi connectivity index (χ1v) is 3.92. The summed E-state index contributed by atoms with van der Waals surface area (Å²) in [5.74, 6) is -0.191. The Balaban J connectivity index is 3.52. The monoisotopic (exact) mass is 160 g/mol. The van der Waals surface area contributed by atoms with Crippen molar-refractivity contribution in [2.75, 3.05) is 6.61 Å². The quantitative estimate of drug-likeness (QED) is 0.623. The predicted octanol–water partition coefficient (Wildman–Crippen LogP) is 0.956. The number of hydrogen-bond donors (Lipinski definition) is 1. The molecule has 0 saturated carbocycles. The predicted molar refractivity (Wildman–Crippen MR) is 42.1 cm³/mol. The topological polar surface area (TPSA) is 46.5 Å². The summed E-state index contributed by atoms with van der Waals surface area (Å²) in [6, 6.07) is 0. The average molecular weight is 160 g/mol. The minimum absolute atomic E-state index is 0.322. The summed E-state index contributed by atoms with van der Waals surface area (Å²) in [5, 5.41) is 8.96. The van der Waals surface area contributed by atoms with Crippen molar-refractivity contribution in [2.24, 2.45) is 5.92 Å². The largest absolute Gasteiger partial charge is 0.464 e. The van der Waals surface area contributed by atoms with Crippen molar-refractivity contribution >= 4 is 5.97 Å². The lowest BCUT2D eigenvalue weighted by Crippen LogP contribution is -2.23. The third kappa shape index (κ3) is 4.79. The van der Waals surface area contributed by atoms with Gasteiger partial charge in [-0.15, -0.1) is 0 Å². The lowest BCUT2D eigenvalue weighted by molar-refractivity contribution is -0.154. The number of aliphatic hydroxyl groups is 1.